The van der Waals surface area contributed by atoms with Crippen LogP contribution in [-0.2, 0) is 4.79 Å². The molecule has 0 saturated carbocycles. The smallest absolute Gasteiger partial charge is 0.303 e. The molecule has 1 aromatic carbocycles. The molecule has 16 heavy (non-hydrogen) atoms. The second kappa shape index (κ2) is 4.38. The molecule has 1 atom stereocenters. The van der Waals surface area contributed by atoms with E-state index in [-0.39, 0.29) is 18.2 Å². The van der Waals surface area contributed by atoms with Crippen molar-refractivity contribution >= 4 is 11.7 Å². The number of rotatable bonds is 3. The van der Waals surface area contributed by atoms with E-state index in [0.717, 1.165) is 0 Å². The number of carboxylic acid groups (broad SMARTS) is 1. The summed E-state index contributed by atoms with van der Waals surface area (Å²) in [7, 11) is 0. The average molecular weight is 225 g/mol. The van der Waals surface area contributed by atoms with Gasteiger partial charge in [0.25, 0.3) is 0 Å². The molecule has 0 aliphatic carbocycles. The summed E-state index contributed by atoms with van der Waals surface area (Å²) in [5, 5.41) is 11.6. The van der Waals surface area contributed by atoms with Gasteiger partial charge in [-0.2, -0.15) is 0 Å². The summed E-state index contributed by atoms with van der Waals surface area (Å²) >= 11 is 0. The highest BCUT2D eigenvalue weighted by Gasteiger charge is 2.21. The Morgan fingerprint density at radius 1 is 1.62 bits per heavy atom. The third kappa shape index (κ3) is 2.24. The number of fused-ring (bicyclic) bond motifs is 1. The maximum Gasteiger partial charge on any atom is 0.303 e. The van der Waals surface area contributed by atoms with E-state index in [1.807, 2.05) is 0 Å². The number of halogens is 1. The van der Waals surface area contributed by atoms with Gasteiger partial charge in [-0.1, -0.05) is 6.07 Å². The molecule has 2 rings (SSSR count). The van der Waals surface area contributed by atoms with Gasteiger partial charge in [-0.05, 0) is 18.6 Å². The number of carbonyl (C=O) groups is 1. The van der Waals surface area contributed by atoms with Gasteiger partial charge < -0.3 is 15.2 Å². The van der Waals surface area contributed by atoms with Gasteiger partial charge in [0.15, 0.2) is 11.6 Å². The van der Waals surface area contributed by atoms with E-state index in [4.69, 9.17) is 9.84 Å². The topological polar surface area (TPSA) is 58.6 Å². The Labute approximate surface area is 92.0 Å². The molecule has 0 radical (unpaired) electrons. The summed E-state index contributed by atoms with van der Waals surface area (Å²) in [6.45, 7) is 0.293. The van der Waals surface area contributed by atoms with Crippen molar-refractivity contribution < 1.29 is 19.0 Å². The highest BCUT2D eigenvalue weighted by molar-refractivity contribution is 5.67. The highest BCUT2D eigenvalue weighted by Crippen LogP contribution is 2.32. The molecule has 2 N–H and O–H groups in total. The number of benzene rings is 1. The lowest BCUT2D eigenvalue weighted by Gasteiger charge is -2.27. The van der Waals surface area contributed by atoms with Crippen LogP contribution in [0.4, 0.5) is 10.1 Å². The van der Waals surface area contributed by atoms with Gasteiger partial charge in [-0.15, -0.1) is 0 Å². The normalized spacial score (nSPS) is 18.2. The summed E-state index contributed by atoms with van der Waals surface area (Å²) in [6.07, 6.45) is 0.539. The lowest BCUT2D eigenvalue weighted by Crippen LogP contribution is -2.32. The van der Waals surface area contributed by atoms with Gasteiger partial charge in [-0.25, -0.2) is 4.39 Å². The predicted molar refractivity (Wildman–Crippen MR) is 56.2 cm³/mol. The summed E-state index contributed by atoms with van der Waals surface area (Å²) in [5.74, 6) is -1.03. The van der Waals surface area contributed by atoms with Crippen molar-refractivity contribution in [2.75, 3.05) is 11.9 Å². The Balaban J connectivity index is 2.04. The maximum atomic E-state index is 13.3. The zero-order chi connectivity index (χ0) is 11.5. The summed E-state index contributed by atoms with van der Waals surface area (Å²) in [6, 6.07) is 4.55. The van der Waals surface area contributed by atoms with Crippen LogP contribution in [0.25, 0.3) is 0 Å². The van der Waals surface area contributed by atoms with Crippen molar-refractivity contribution in [3.63, 3.8) is 0 Å². The van der Waals surface area contributed by atoms with E-state index in [1.54, 1.807) is 12.1 Å². The molecule has 0 saturated heterocycles. The molecule has 0 aromatic heterocycles. The van der Waals surface area contributed by atoms with Crippen molar-refractivity contribution in [3.05, 3.63) is 24.0 Å². The Kier molecular flexibility index (Phi) is 2.94. The second-order valence-electron chi connectivity index (χ2n) is 3.70. The predicted octanol–water partition coefficient (Wildman–Crippen LogP) is 1.86. The van der Waals surface area contributed by atoms with Gasteiger partial charge in [-0.3, -0.25) is 4.79 Å². The van der Waals surface area contributed by atoms with E-state index in [2.05, 4.69) is 5.32 Å². The van der Waals surface area contributed by atoms with Crippen molar-refractivity contribution in [2.24, 2.45) is 0 Å². The third-order valence-electron chi connectivity index (χ3n) is 2.46. The van der Waals surface area contributed by atoms with E-state index in [9.17, 15) is 9.18 Å². The Bertz CT molecular complexity index is 408. The van der Waals surface area contributed by atoms with Gasteiger partial charge in [0, 0.05) is 6.42 Å². The monoisotopic (exact) mass is 225 g/mol. The number of carboxylic acids is 1. The first-order valence-corrected chi connectivity index (χ1v) is 5.06. The fourth-order valence-corrected chi connectivity index (χ4v) is 1.67. The first-order valence-electron chi connectivity index (χ1n) is 5.06. The number of hydrogen-bond acceptors (Lipinski definition) is 3. The quantitative estimate of drug-likeness (QED) is 0.824. The molecular weight excluding hydrogens is 213 g/mol. The van der Waals surface area contributed by atoms with Crippen LogP contribution >= 0.6 is 0 Å². The minimum Gasteiger partial charge on any atom is -0.486 e. The van der Waals surface area contributed by atoms with Crippen molar-refractivity contribution in [1.29, 1.82) is 0 Å². The number of hydrogen-bond donors (Lipinski definition) is 2. The average Bonchev–Trinajstić information content (AvgIpc) is 2.26. The van der Waals surface area contributed by atoms with Crippen LogP contribution in [0, 0.1) is 5.82 Å². The first kappa shape index (κ1) is 10.7. The molecule has 1 aliphatic heterocycles. The van der Waals surface area contributed by atoms with Crippen LogP contribution in [0.2, 0.25) is 0 Å². The minimum absolute atomic E-state index is 0.0751. The Morgan fingerprint density at radius 2 is 2.44 bits per heavy atom. The minimum atomic E-state index is -0.841. The summed E-state index contributed by atoms with van der Waals surface area (Å²) < 4.78 is 18.5. The number of nitrogens with one attached hydrogen (secondary N) is 1. The van der Waals surface area contributed by atoms with Crippen molar-refractivity contribution in [1.82, 2.24) is 0 Å². The largest absolute Gasteiger partial charge is 0.486 e. The van der Waals surface area contributed by atoms with E-state index >= 15 is 0 Å². The highest BCUT2D eigenvalue weighted by atomic mass is 19.1. The molecule has 4 nitrogen and oxygen atoms in total. The van der Waals surface area contributed by atoms with Gasteiger partial charge in [0.1, 0.15) is 6.61 Å². The molecule has 1 aromatic rings. The van der Waals surface area contributed by atoms with Crippen LogP contribution in [0.5, 0.6) is 5.75 Å². The number of aliphatic carboxylic acids is 1. The van der Waals surface area contributed by atoms with Gasteiger partial charge in [0.05, 0.1) is 11.7 Å². The lowest BCUT2D eigenvalue weighted by atomic mass is 10.1. The molecule has 1 aliphatic rings. The van der Waals surface area contributed by atoms with Gasteiger partial charge in [0.2, 0.25) is 0 Å². The molecular formula is C11H12FNO3. The van der Waals surface area contributed by atoms with Crippen LogP contribution in [0.3, 0.4) is 0 Å². The molecule has 0 spiro atoms. The summed E-state index contributed by atoms with van der Waals surface area (Å²) in [4.78, 5) is 10.4. The van der Waals surface area contributed by atoms with Gasteiger partial charge >= 0.3 is 5.97 Å². The zero-order valence-corrected chi connectivity index (χ0v) is 8.57. The number of para-hydroxylation sites is 1. The van der Waals surface area contributed by atoms with Crippen molar-refractivity contribution in [2.45, 2.75) is 18.9 Å². The molecule has 0 amide bonds. The molecule has 1 heterocycles. The fraction of sp³-hybridized carbons (Fsp3) is 0.364. The number of anilines is 1. The second-order valence-corrected chi connectivity index (χ2v) is 3.70. The van der Waals surface area contributed by atoms with Crippen LogP contribution in [0.1, 0.15) is 12.8 Å². The molecule has 0 bridgehead atoms. The third-order valence-corrected chi connectivity index (χ3v) is 2.46. The van der Waals surface area contributed by atoms with E-state index in [0.29, 0.717) is 18.7 Å². The van der Waals surface area contributed by atoms with E-state index in [1.165, 1.54) is 6.07 Å². The Hall–Kier alpha value is -1.78. The lowest BCUT2D eigenvalue weighted by molar-refractivity contribution is -0.137. The standard InChI is InChI=1S/C11H12FNO3/c12-8-2-1-3-9-11(8)16-6-7(13-9)4-5-10(14)15/h1-3,7,13H,4-6H2,(H,14,15). The number of ether oxygens (including phenoxy) is 1. The van der Waals surface area contributed by atoms with Crippen LogP contribution in [-0.4, -0.2) is 23.7 Å². The molecule has 5 heteroatoms. The van der Waals surface area contributed by atoms with Crippen LogP contribution < -0.4 is 10.1 Å². The Morgan fingerprint density at radius 3 is 3.19 bits per heavy atom. The molecule has 86 valence electrons. The fourth-order valence-electron chi connectivity index (χ4n) is 1.67. The molecule has 0 fully saturated rings. The maximum absolute atomic E-state index is 13.3. The molecule has 1 unspecified atom stereocenters. The zero-order valence-electron chi connectivity index (χ0n) is 8.57. The van der Waals surface area contributed by atoms with E-state index < -0.39 is 11.8 Å². The first-order chi connectivity index (χ1) is 7.66. The van der Waals surface area contributed by atoms with Crippen molar-refractivity contribution in [3.8, 4) is 5.75 Å². The van der Waals surface area contributed by atoms with Crippen LogP contribution in [0.15, 0.2) is 18.2 Å². The SMILES string of the molecule is O=C(O)CCC1COc2c(F)cccc2N1. The summed E-state index contributed by atoms with van der Waals surface area (Å²) in [5.41, 5.74) is 0.585.